The maximum atomic E-state index is 10.6. The average Bonchev–Trinajstić information content (AvgIpc) is 2.39. The number of piperidine rings is 1. The summed E-state index contributed by atoms with van der Waals surface area (Å²) in [6.45, 7) is 4.73. The van der Waals surface area contributed by atoms with Crippen molar-refractivity contribution in [1.29, 1.82) is 0 Å². The SMILES string of the molecule is CC(c1ccc(C=O)cc1)C1CCN(C)CC1. The Labute approximate surface area is 104 Å². The summed E-state index contributed by atoms with van der Waals surface area (Å²) in [6.07, 6.45) is 3.48. The van der Waals surface area contributed by atoms with E-state index in [2.05, 4.69) is 31.0 Å². The molecule has 2 heteroatoms. The van der Waals surface area contributed by atoms with Crippen LogP contribution in [0.5, 0.6) is 0 Å². The highest BCUT2D eigenvalue weighted by atomic mass is 16.1. The van der Waals surface area contributed by atoms with Gasteiger partial charge in [-0.25, -0.2) is 0 Å². The van der Waals surface area contributed by atoms with E-state index in [0.29, 0.717) is 5.92 Å². The van der Waals surface area contributed by atoms with Crippen molar-refractivity contribution in [2.24, 2.45) is 5.92 Å². The average molecular weight is 231 g/mol. The molecule has 1 aromatic carbocycles. The molecule has 1 saturated heterocycles. The molecule has 0 aliphatic carbocycles. The van der Waals surface area contributed by atoms with E-state index in [4.69, 9.17) is 0 Å². The molecule has 1 heterocycles. The van der Waals surface area contributed by atoms with Crippen molar-refractivity contribution in [3.8, 4) is 0 Å². The number of aldehydes is 1. The van der Waals surface area contributed by atoms with Gasteiger partial charge in [0.15, 0.2) is 0 Å². The van der Waals surface area contributed by atoms with Crippen molar-refractivity contribution < 1.29 is 4.79 Å². The van der Waals surface area contributed by atoms with Gasteiger partial charge in [0.1, 0.15) is 6.29 Å². The van der Waals surface area contributed by atoms with Crippen LogP contribution in [-0.4, -0.2) is 31.3 Å². The molecular formula is C15H21NO. The summed E-state index contributed by atoms with van der Waals surface area (Å²) in [5, 5.41) is 0. The molecule has 0 radical (unpaired) electrons. The van der Waals surface area contributed by atoms with Gasteiger partial charge >= 0.3 is 0 Å². The minimum Gasteiger partial charge on any atom is -0.306 e. The predicted molar refractivity (Wildman–Crippen MR) is 70.5 cm³/mol. The molecule has 1 fully saturated rings. The van der Waals surface area contributed by atoms with E-state index in [1.54, 1.807) is 0 Å². The lowest BCUT2D eigenvalue weighted by Crippen LogP contribution is -2.32. The third-order valence-electron chi connectivity index (χ3n) is 4.07. The molecule has 92 valence electrons. The summed E-state index contributed by atoms with van der Waals surface area (Å²) in [4.78, 5) is 13.0. The Kier molecular flexibility index (Phi) is 3.95. The number of benzene rings is 1. The number of carbonyl (C=O) groups excluding carboxylic acids is 1. The molecule has 2 nitrogen and oxygen atoms in total. The van der Waals surface area contributed by atoms with Gasteiger partial charge in [-0.15, -0.1) is 0 Å². The molecule has 0 spiro atoms. The molecular weight excluding hydrogens is 210 g/mol. The monoisotopic (exact) mass is 231 g/mol. The van der Waals surface area contributed by atoms with E-state index in [1.807, 2.05) is 12.1 Å². The van der Waals surface area contributed by atoms with Gasteiger partial charge in [-0.2, -0.15) is 0 Å². The second-order valence-corrected chi connectivity index (χ2v) is 5.21. The maximum Gasteiger partial charge on any atom is 0.150 e. The summed E-state index contributed by atoms with van der Waals surface area (Å²) in [7, 11) is 2.19. The van der Waals surface area contributed by atoms with Crippen LogP contribution in [0.15, 0.2) is 24.3 Å². The number of hydrogen-bond donors (Lipinski definition) is 0. The molecule has 1 aliphatic rings. The predicted octanol–water partition coefficient (Wildman–Crippen LogP) is 2.94. The second-order valence-electron chi connectivity index (χ2n) is 5.21. The fraction of sp³-hybridized carbons (Fsp3) is 0.533. The van der Waals surface area contributed by atoms with E-state index in [0.717, 1.165) is 17.8 Å². The summed E-state index contributed by atoms with van der Waals surface area (Å²) in [6, 6.07) is 8.06. The van der Waals surface area contributed by atoms with Gasteiger partial charge in [-0.3, -0.25) is 4.79 Å². The molecule has 1 unspecified atom stereocenters. The minimum absolute atomic E-state index is 0.601. The summed E-state index contributed by atoms with van der Waals surface area (Å²) in [5.41, 5.74) is 2.13. The van der Waals surface area contributed by atoms with Gasteiger partial charge in [0.2, 0.25) is 0 Å². The van der Waals surface area contributed by atoms with Crippen molar-refractivity contribution in [2.75, 3.05) is 20.1 Å². The van der Waals surface area contributed by atoms with Crippen molar-refractivity contribution in [3.05, 3.63) is 35.4 Å². The highest BCUT2D eigenvalue weighted by Gasteiger charge is 2.23. The molecule has 2 rings (SSSR count). The third kappa shape index (κ3) is 2.95. The number of hydrogen-bond acceptors (Lipinski definition) is 2. The summed E-state index contributed by atoms with van der Waals surface area (Å²) in [5.74, 6) is 1.39. The number of nitrogens with zero attached hydrogens (tertiary/aromatic N) is 1. The van der Waals surface area contributed by atoms with Crippen LogP contribution < -0.4 is 0 Å². The molecule has 1 atom stereocenters. The number of likely N-dealkylation sites (tertiary alicyclic amines) is 1. The molecule has 0 N–H and O–H groups in total. The summed E-state index contributed by atoms with van der Waals surface area (Å²) < 4.78 is 0. The lowest BCUT2D eigenvalue weighted by molar-refractivity contribution is 0.112. The van der Waals surface area contributed by atoms with Crippen molar-refractivity contribution in [3.63, 3.8) is 0 Å². The van der Waals surface area contributed by atoms with Crippen molar-refractivity contribution >= 4 is 6.29 Å². The zero-order chi connectivity index (χ0) is 12.3. The van der Waals surface area contributed by atoms with Crippen molar-refractivity contribution in [1.82, 2.24) is 4.90 Å². The largest absolute Gasteiger partial charge is 0.306 e. The Morgan fingerprint density at radius 3 is 2.35 bits per heavy atom. The normalized spacial score (nSPS) is 20.1. The molecule has 1 aromatic rings. The number of rotatable bonds is 3. The quantitative estimate of drug-likeness (QED) is 0.745. The lowest BCUT2D eigenvalue weighted by Gasteiger charge is -2.33. The molecule has 1 aliphatic heterocycles. The standard InChI is InChI=1S/C15H21NO/c1-12(15-7-9-16(2)10-8-15)14-5-3-13(11-17)4-6-14/h3-6,11-12,15H,7-10H2,1-2H3. The van der Waals surface area contributed by atoms with Crippen LogP contribution in [0.25, 0.3) is 0 Å². The minimum atomic E-state index is 0.601. The fourth-order valence-electron chi connectivity index (χ4n) is 2.68. The first-order valence-electron chi connectivity index (χ1n) is 6.44. The van der Waals surface area contributed by atoms with E-state index >= 15 is 0 Å². The van der Waals surface area contributed by atoms with Gasteiger partial charge < -0.3 is 4.90 Å². The Hall–Kier alpha value is -1.15. The van der Waals surface area contributed by atoms with Crippen LogP contribution in [0.2, 0.25) is 0 Å². The lowest BCUT2D eigenvalue weighted by atomic mass is 9.81. The fourth-order valence-corrected chi connectivity index (χ4v) is 2.68. The van der Waals surface area contributed by atoms with E-state index in [1.165, 1.54) is 31.5 Å². The molecule has 0 aromatic heterocycles. The van der Waals surface area contributed by atoms with E-state index in [9.17, 15) is 4.79 Å². The van der Waals surface area contributed by atoms with Crippen LogP contribution in [0.3, 0.4) is 0 Å². The van der Waals surface area contributed by atoms with Gasteiger partial charge in [0, 0.05) is 5.56 Å². The van der Waals surface area contributed by atoms with Crippen LogP contribution in [-0.2, 0) is 0 Å². The van der Waals surface area contributed by atoms with Crippen LogP contribution in [0, 0.1) is 5.92 Å². The Morgan fingerprint density at radius 1 is 1.24 bits per heavy atom. The van der Waals surface area contributed by atoms with Crippen LogP contribution >= 0.6 is 0 Å². The Balaban J connectivity index is 2.03. The van der Waals surface area contributed by atoms with Gasteiger partial charge in [-0.1, -0.05) is 31.2 Å². The van der Waals surface area contributed by atoms with Gasteiger partial charge in [0.05, 0.1) is 0 Å². The van der Waals surface area contributed by atoms with Crippen LogP contribution in [0.4, 0.5) is 0 Å². The van der Waals surface area contributed by atoms with E-state index in [-0.39, 0.29) is 0 Å². The first-order valence-corrected chi connectivity index (χ1v) is 6.44. The van der Waals surface area contributed by atoms with E-state index < -0.39 is 0 Å². The molecule has 0 amide bonds. The third-order valence-corrected chi connectivity index (χ3v) is 4.07. The zero-order valence-electron chi connectivity index (χ0n) is 10.7. The molecule has 0 saturated carbocycles. The first-order chi connectivity index (χ1) is 8.20. The highest BCUT2D eigenvalue weighted by molar-refractivity contribution is 5.74. The first kappa shape index (κ1) is 12.3. The van der Waals surface area contributed by atoms with Gasteiger partial charge in [0.25, 0.3) is 0 Å². The van der Waals surface area contributed by atoms with Crippen molar-refractivity contribution in [2.45, 2.75) is 25.7 Å². The molecule has 0 bridgehead atoms. The highest BCUT2D eigenvalue weighted by Crippen LogP contribution is 2.31. The smallest absolute Gasteiger partial charge is 0.150 e. The molecule has 17 heavy (non-hydrogen) atoms. The Bertz CT molecular complexity index is 363. The topological polar surface area (TPSA) is 20.3 Å². The van der Waals surface area contributed by atoms with Crippen LogP contribution in [0.1, 0.15) is 41.6 Å². The summed E-state index contributed by atoms with van der Waals surface area (Å²) >= 11 is 0. The zero-order valence-corrected chi connectivity index (χ0v) is 10.7. The Morgan fingerprint density at radius 2 is 1.82 bits per heavy atom. The maximum absolute atomic E-state index is 10.6. The second kappa shape index (κ2) is 5.46. The number of carbonyl (C=O) groups is 1. The van der Waals surface area contributed by atoms with Gasteiger partial charge in [-0.05, 0) is 50.4 Å².